The number of carbonyl (C=O) groups excluding carboxylic acids is 2. The van der Waals surface area contributed by atoms with Gasteiger partial charge in [-0.25, -0.2) is 0 Å². The Labute approximate surface area is 141 Å². The lowest BCUT2D eigenvalue weighted by molar-refractivity contribution is -0.118. The molecule has 2 fully saturated rings. The minimum Gasteiger partial charge on any atom is -0.353 e. The number of nitrogens with one attached hydrogen (secondary N) is 2. The number of benzene rings is 1. The normalized spacial score (nSPS) is 18.4. The molecule has 2 aliphatic carbocycles. The predicted octanol–water partition coefficient (Wildman–Crippen LogP) is 3.12. The van der Waals surface area contributed by atoms with Crippen LogP contribution in [-0.4, -0.2) is 29.7 Å². The van der Waals surface area contributed by atoms with E-state index >= 15 is 0 Å². The average Bonchev–Trinajstić information content (AvgIpc) is 3.38. The van der Waals surface area contributed by atoms with Crippen LogP contribution in [0.3, 0.4) is 0 Å². The largest absolute Gasteiger partial charge is 0.353 e. The fraction of sp³-hybridized carbons (Fsp3) is 0.556. The van der Waals surface area contributed by atoms with Crippen LogP contribution in [0.25, 0.3) is 0 Å². The summed E-state index contributed by atoms with van der Waals surface area (Å²) in [6.07, 6.45) is 8.00. The summed E-state index contributed by atoms with van der Waals surface area (Å²) in [5.41, 5.74) is 0.683. The molecule has 0 heterocycles. The lowest BCUT2D eigenvalue weighted by atomic mass is 9.95. The molecule has 2 aliphatic rings. The molecule has 4 nitrogen and oxygen atoms in total. The zero-order chi connectivity index (χ0) is 16.1. The van der Waals surface area contributed by atoms with Crippen molar-refractivity contribution in [1.82, 2.24) is 10.6 Å². The van der Waals surface area contributed by atoms with Crippen molar-refractivity contribution >= 4 is 23.6 Å². The third-order valence-electron chi connectivity index (χ3n) is 4.37. The summed E-state index contributed by atoms with van der Waals surface area (Å²) < 4.78 is 0. The van der Waals surface area contributed by atoms with Crippen molar-refractivity contribution < 1.29 is 9.59 Å². The summed E-state index contributed by atoms with van der Waals surface area (Å²) in [6, 6.07) is 8.24. The topological polar surface area (TPSA) is 58.2 Å². The number of amides is 2. The molecule has 2 N–H and O–H groups in total. The summed E-state index contributed by atoms with van der Waals surface area (Å²) in [5, 5.41) is 6.13. The van der Waals surface area contributed by atoms with Crippen molar-refractivity contribution in [1.29, 1.82) is 0 Å². The SMILES string of the molecule is O=C(CSc1ccccc1C(=O)NC1CCCCC1)NC1CC1. The van der Waals surface area contributed by atoms with Crippen LogP contribution >= 0.6 is 11.8 Å². The van der Waals surface area contributed by atoms with Gasteiger partial charge in [-0.3, -0.25) is 9.59 Å². The molecule has 1 aromatic carbocycles. The molecule has 0 radical (unpaired) electrons. The lowest BCUT2D eigenvalue weighted by Gasteiger charge is -2.23. The van der Waals surface area contributed by atoms with Crippen LogP contribution in [0.2, 0.25) is 0 Å². The first kappa shape index (κ1) is 16.4. The standard InChI is InChI=1S/C18H24N2O2S/c21-17(19-14-10-11-14)12-23-16-9-5-4-8-15(16)18(22)20-13-6-2-1-3-7-13/h4-5,8-9,13-14H,1-3,6-7,10-12H2,(H,19,21)(H,20,22). The minimum absolute atomic E-state index is 0.0115. The van der Waals surface area contributed by atoms with Gasteiger partial charge in [0.1, 0.15) is 0 Å². The van der Waals surface area contributed by atoms with E-state index in [0.717, 1.165) is 30.6 Å². The van der Waals surface area contributed by atoms with Crippen molar-refractivity contribution in [2.45, 2.75) is 61.9 Å². The molecule has 2 saturated carbocycles. The molecule has 3 rings (SSSR count). The number of rotatable bonds is 6. The molecule has 0 bridgehead atoms. The zero-order valence-electron chi connectivity index (χ0n) is 13.3. The number of thioether (sulfide) groups is 1. The summed E-state index contributed by atoms with van der Waals surface area (Å²) in [6.45, 7) is 0. The van der Waals surface area contributed by atoms with Crippen molar-refractivity contribution in [3.8, 4) is 0 Å². The van der Waals surface area contributed by atoms with Gasteiger partial charge in [-0.05, 0) is 37.8 Å². The highest BCUT2D eigenvalue weighted by atomic mass is 32.2. The molecular weight excluding hydrogens is 308 g/mol. The molecule has 0 atom stereocenters. The summed E-state index contributed by atoms with van der Waals surface area (Å²) in [5.74, 6) is 0.409. The Balaban J connectivity index is 1.57. The fourth-order valence-corrected chi connectivity index (χ4v) is 3.79. The third kappa shape index (κ3) is 4.99. The molecule has 0 saturated heterocycles. The average molecular weight is 332 g/mol. The van der Waals surface area contributed by atoms with E-state index in [-0.39, 0.29) is 11.8 Å². The van der Waals surface area contributed by atoms with Crippen LogP contribution < -0.4 is 10.6 Å². The molecule has 23 heavy (non-hydrogen) atoms. The predicted molar refractivity (Wildman–Crippen MR) is 92.7 cm³/mol. The molecule has 0 aliphatic heterocycles. The van der Waals surface area contributed by atoms with Crippen LogP contribution in [-0.2, 0) is 4.79 Å². The maximum atomic E-state index is 12.5. The van der Waals surface area contributed by atoms with E-state index in [1.165, 1.54) is 31.0 Å². The molecule has 0 unspecified atom stereocenters. The highest BCUT2D eigenvalue weighted by molar-refractivity contribution is 8.00. The Bertz CT molecular complexity index is 566. The highest BCUT2D eigenvalue weighted by Crippen LogP contribution is 2.25. The molecule has 1 aromatic rings. The van der Waals surface area contributed by atoms with Crippen molar-refractivity contribution in [3.63, 3.8) is 0 Å². The van der Waals surface area contributed by atoms with Gasteiger partial charge in [-0.2, -0.15) is 0 Å². The van der Waals surface area contributed by atoms with Gasteiger partial charge in [0.05, 0.1) is 11.3 Å². The minimum atomic E-state index is -0.0115. The van der Waals surface area contributed by atoms with Gasteiger partial charge in [-0.1, -0.05) is 31.4 Å². The Morgan fingerprint density at radius 1 is 0.957 bits per heavy atom. The second kappa shape index (κ2) is 7.86. The first-order valence-electron chi connectivity index (χ1n) is 8.54. The first-order chi connectivity index (χ1) is 11.2. The van der Waals surface area contributed by atoms with E-state index in [4.69, 9.17) is 0 Å². The Morgan fingerprint density at radius 2 is 1.65 bits per heavy atom. The van der Waals surface area contributed by atoms with Gasteiger partial charge in [0.15, 0.2) is 0 Å². The summed E-state index contributed by atoms with van der Waals surface area (Å²) in [7, 11) is 0. The second-order valence-electron chi connectivity index (χ2n) is 6.44. The van der Waals surface area contributed by atoms with Gasteiger partial charge >= 0.3 is 0 Å². The van der Waals surface area contributed by atoms with E-state index in [9.17, 15) is 9.59 Å². The number of hydrogen-bond donors (Lipinski definition) is 2. The third-order valence-corrected chi connectivity index (χ3v) is 5.45. The second-order valence-corrected chi connectivity index (χ2v) is 7.45. The molecule has 0 aromatic heterocycles. The Hall–Kier alpha value is -1.49. The molecular formula is C18H24N2O2S. The smallest absolute Gasteiger partial charge is 0.252 e. The first-order valence-corrected chi connectivity index (χ1v) is 9.53. The maximum Gasteiger partial charge on any atom is 0.252 e. The van der Waals surface area contributed by atoms with Crippen LogP contribution in [0.1, 0.15) is 55.3 Å². The summed E-state index contributed by atoms with van der Waals surface area (Å²) in [4.78, 5) is 25.3. The highest BCUT2D eigenvalue weighted by Gasteiger charge is 2.23. The van der Waals surface area contributed by atoms with Crippen LogP contribution in [0.15, 0.2) is 29.2 Å². The quantitative estimate of drug-likeness (QED) is 0.787. The van der Waals surface area contributed by atoms with E-state index in [1.807, 2.05) is 24.3 Å². The van der Waals surface area contributed by atoms with Crippen LogP contribution in [0, 0.1) is 0 Å². The molecule has 124 valence electrons. The summed E-state index contributed by atoms with van der Waals surface area (Å²) >= 11 is 1.44. The molecule has 2 amide bonds. The van der Waals surface area contributed by atoms with Crippen molar-refractivity contribution in [2.24, 2.45) is 0 Å². The lowest BCUT2D eigenvalue weighted by Crippen LogP contribution is -2.36. The maximum absolute atomic E-state index is 12.5. The van der Waals surface area contributed by atoms with E-state index in [1.54, 1.807) is 0 Å². The van der Waals surface area contributed by atoms with E-state index in [2.05, 4.69) is 10.6 Å². The van der Waals surface area contributed by atoms with Crippen molar-refractivity contribution in [2.75, 3.05) is 5.75 Å². The van der Waals surface area contributed by atoms with Crippen LogP contribution in [0.5, 0.6) is 0 Å². The van der Waals surface area contributed by atoms with Gasteiger partial charge in [0.25, 0.3) is 5.91 Å². The van der Waals surface area contributed by atoms with Gasteiger partial charge in [0, 0.05) is 17.0 Å². The van der Waals surface area contributed by atoms with Gasteiger partial charge in [-0.15, -0.1) is 11.8 Å². The van der Waals surface area contributed by atoms with Crippen LogP contribution in [0.4, 0.5) is 0 Å². The number of carbonyl (C=O) groups is 2. The Kier molecular flexibility index (Phi) is 5.60. The van der Waals surface area contributed by atoms with Gasteiger partial charge < -0.3 is 10.6 Å². The monoisotopic (exact) mass is 332 g/mol. The number of hydrogen-bond acceptors (Lipinski definition) is 3. The molecule has 5 heteroatoms. The zero-order valence-corrected chi connectivity index (χ0v) is 14.2. The van der Waals surface area contributed by atoms with E-state index < -0.39 is 0 Å². The Morgan fingerprint density at radius 3 is 2.39 bits per heavy atom. The molecule has 0 spiro atoms. The van der Waals surface area contributed by atoms with E-state index in [0.29, 0.717) is 23.4 Å². The fourth-order valence-electron chi connectivity index (χ4n) is 2.93. The van der Waals surface area contributed by atoms with Gasteiger partial charge in [0.2, 0.25) is 5.91 Å². The van der Waals surface area contributed by atoms with Crippen molar-refractivity contribution in [3.05, 3.63) is 29.8 Å².